The Morgan fingerprint density at radius 1 is 0.672 bits per heavy atom. The van der Waals surface area contributed by atoms with Crippen molar-refractivity contribution in [2.24, 2.45) is 11.8 Å². The third kappa shape index (κ3) is 11.9. The van der Waals surface area contributed by atoms with Gasteiger partial charge in [0.2, 0.25) is 0 Å². The van der Waals surface area contributed by atoms with E-state index in [1.54, 1.807) is 42.5 Å². The lowest BCUT2D eigenvalue weighted by Crippen LogP contribution is -2.46. The van der Waals surface area contributed by atoms with Crippen LogP contribution in [0.3, 0.4) is 0 Å². The number of nitriles is 2. The van der Waals surface area contributed by atoms with Crippen molar-refractivity contribution in [3.05, 3.63) is 92.7 Å². The maximum absolute atomic E-state index is 14.1. The minimum Gasteiger partial charge on any atom is -0.490 e. The van der Waals surface area contributed by atoms with Crippen molar-refractivity contribution in [1.29, 1.82) is 10.5 Å². The Kier molecular flexibility index (Phi) is 15.9. The summed E-state index contributed by atoms with van der Waals surface area (Å²) in [6, 6.07) is 19.0. The molecule has 2 aromatic heterocycles. The van der Waals surface area contributed by atoms with Crippen LogP contribution in [0, 0.1) is 34.5 Å². The lowest BCUT2D eigenvalue weighted by Gasteiger charge is -2.39. The molecule has 1 unspecified atom stereocenters. The van der Waals surface area contributed by atoms with Crippen LogP contribution in [0.25, 0.3) is 0 Å². The first-order chi connectivity index (χ1) is 32.6. The van der Waals surface area contributed by atoms with Crippen LogP contribution < -0.4 is 29.9 Å². The van der Waals surface area contributed by atoms with Crippen molar-refractivity contribution >= 4 is 46.7 Å². The number of anilines is 2. The van der Waals surface area contributed by atoms with Crippen LogP contribution in [0.15, 0.2) is 54.6 Å². The van der Waals surface area contributed by atoms with E-state index in [9.17, 15) is 30.3 Å². The summed E-state index contributed by atoms with van der Waals surface area (Å²) in [6.45, 7) is 3.16. The number of ether oxygens (including phenoxy) is 2. The van der Waals surface area contributed by atoms with Gasteiger partial charge in [-0.2, -0.15) is 10.5 Å². The minimum atomic E-state index is -0.418. The second-order valence-corrected chi connectivity index (χ2v) is 19.0. The molecular weight excluding hydrogens is 896 g/mol. The zero-order valence-electron chi connectivity index (χ0n) is 37.3. The van der Waals surface area contributed by atoms with Gasteiger partial charge in [-0.05, 0) is 131 Å². The van der Waals surface area contributed by atoms with Crippen LogP contribution in [-0.4, -0.2) is 106 Å². The summed E-state index contributed by atoms with van der Waals surface area (Å²) in [7, 11) is 0. The van der Waals surface area contributed by atoms with E-state index in [-0.39, 0.29) is 71.5 Å². The summed E-state index contributed by atoms with van der Waals surface area (Å²) in [4.78, 5) is 32.5. The van der Waals surface area contributed by atoms with Gasteiger partial charge in [0.15, 0.2) is 23.0 Å². The third-order valence-corrected chi connectivity index (χ3v) is 14.4. The average molecular weight is 952 g/mol. The largest absolute Gasteiger partial charge is 0.490 e. The van der Waals surface area contributed by atoms with Crippen LogP contribution in [0.1, 0.15) is 121 Å². The highest BCUT2D eigenvalue weighted by Crippen LogP contribution is 2.41. The first-order valence-corrected chi connectivity index (χ1v) is 24.1. The molecule has 0 bridgehead atoms. The molecule has 16 nitrogen and oxygen atoms in total. The monoisotopic (exact) mass is 950 g/mol. The molecule has 352 valence electrons. The van der Waals surface area contributed by atoms with Crippen molar-refractivity contribution in [2.45, 2.75) is 107 Å². The van der Waals surface area contributed by atoms with E-state index in [0.717, 1.165) is 50.8 Å². The van der Waals surface area contributed by atoms with Crippen LogP contribution in [0.5, 0.6) is 11.5 Å². The molecule has 2 aliphatic heterocycles. The number of amides is 2. The van der Waals surface area contributed by atoms with Gasteiger partial charge in [-0.1, -0.05) is 23.2 Å². The number of carbonyl (C=O) groups excluding carboxylic acids is 2. The van der Waals surface area contributed by atoms with Gasteiger partial charge in [0.05, 0.1) is 33.4 Å². The maximum atomic E-state index is 14.1. The number of aliphatic hydroxyl groups is 2. The SMILES string of the molecule is N#Cc1ccc(OC2CCC(NC(=O)c3cc(C4C[C@@H](Oc5ccc(C#N)c(Cl)c5)CC[C@@H]4NC(=O)c4ccc(N5CCC(CCO)CC5)nn4)c(N4CCC(CO)CC4)nn3)CC2)cc1Cl. The predicted molar refractivity (Wildman–Crippen MR) is 251 cm³/mol. The van der Waals surface area contributed by atoms with Gasteiger partial charge in [-0.3, -0.25) is 9.59 Å². The number of aromatic nitrogens is 4. The molecule has 2 amide bonds. The molecule has 2 saturated heterocycles. The van der Waals surface area contributed by atoms with Gasteiger partial charge in [-0.15, -0.1) is 20.4 Å². The summed E-state index contributed by atoms with van der Waals surface area (Å²) >= 11 is 12.7. The number of rotatable bonds is 14. The summed E-state index contributed by atoms with van der Waals surface area (Å²) < 4.78 is 12.7. The van der Waals surface area contributed by atoms with Gasteiger partial charge in [-0.25, -0.2) is 0 Å². The summed E-state index contributed by atoms with van der Waals surface area (Å²) in [5.41, 5.74) is 1.82. The minimum absolute atomic E-state index is 0.0729. The Hall–Kier alpha value is -5.78. The Morgan fingerprint density at radius 3 is 1.87 bits per heavy atom. The number of nitrogens with zero attached hydrogens (tertiary/aromatic N) is 8. The van der Waals surface area contributed by atoms with Crippen LogP contribution >= 0.6 is 23.2 Å². The summed E-state index contributed by atoms with van der Waals surface area (Å²) in [5.74, 6) is 1.97. The molecule has 2 aromatic carbocycles. The van der Waals surface area contributed by atoms with E-state index >= 15 is 0 Å². The molecular formula is C49H56Cl2N10O6. The molecule has 4 heterocycles. The lowest BCUT2D eigenvalue weighted by atomic mass is 9.78. The third-order valence-electron chi connectivity index (χ3n) is 13.8. The lowest BCUT2D eigenvalue weighted by molar-refractivity contribution is 0.0857. The van der Waals surface area contributed by atoms with Crippen LogP contribution in [-0.2, 0) is 0 Å². The molecule has 2 aliphatic carbocycles. The molecule has 67 heavy (non-hydrogen) atoms. The number of hydrogen-bond acceptors (Lipinski definition) is 14. The zero-order valence-corrected chi connectivity index (χ0v) is 38.8. The van der Waals surface area contributed by atoms with E-state index in [1.165, 1.54) is 0 Å². The number of carbonyl (C=O) groups is 2. The quantitative estimate of drug-likeness (QED) is 0.103. The Balaban J connectivity index is 1.03. The Morgan fingerprint density at radius 2 is 1.27 bits per heavy atom. The van der Waals surface area contributed by atoms with Crippen molar-refractivity contribution in [3.63, 3.8) is 0 Å². The van der Waals surface area contributed by atoms with E-state index < -0.39 is 6.04 Å². The van der Waals surface area contributed by atoms with E-state index in [2.05, 4.69) is 47.9 Å². The summed E-state index contributed by atoms with van der Waals surface area (Å²) in [5, 5.41) is 63.2. The fraction of sp³-hybridized carbons (Fsp3) is 0.510. The summed E-state index contributed by atoms with van der Waals surface area (Å²) in [6.07, 6.45) is 8.16. The van der Waals surface area contributed by atoms with E-state index in [1.807, 2.05) is 12.1 Å². The van der Waals surface area contributed by atoms with Gasteiger partial charge < -0.3 is 40.1 Å². The predicted octanol–water partition coefficient (Wildman–Crippen LogP) is 6.76. The van der Waals surface area contributed by atoms with Crippen molar-refractivity contribution in [1.82, 2.24) is 31.0 Å². The Labute approximate surface area is 400 Å². The smallest absolute Gasteiger partial charge is 0.272 e. The fourth-order valence-electron chi connectivity index (χ4n) is 9.89. The van der Waals surface area contributed by atoms with Gasteiger partial charge in [0.25, 0.3) is 11.8 Å². The van der Waals surface area contributed by atoms with Crippen LogP contribution in [0.4, 0.5) is 11.6 Å². The fourth-order valence-corrected chi connectivity index (χ4v) is 10.3. The molecule has 4 aromatic rings. The van der Waals surface area contributed by atoms with Gasteiger partial charge >= 0.3 is 0 Å². The topological polar surface area (TPSA) is 223 Å². The molecule has 0 radical (unpaired) electrons. The normalized spacial score (nSPS) is 22.6. The number of hydrogen-bond donors (Lipinski definition) is 4. The molecule has 0 spiro atoms. The number of nitrogens with one attached hydrogen (secondary N) is 2. The van der Waals surface area contributed by atoms with E-state index in [0.29, 0.717) is 103 Å². The molecule has 8 rings (SSSR count). The van der Waals surface area contributed by atoms with Crippen molar-refractivity contribution in [3.8, 4) is 23.6 Å². The van der Waals surface area contributed by atoms with E-state index in [4.69, 9.17) is 37.8 Å². The molecule has 2 saturated carbocycles. The first-order valence-electron chi connectivity index (χ1n) is 23.4. The number of benzene rings is 2. The molecule has 18 heteroatoms. The first kappa shape index (κ1) is 47.7. The van der Waals surface area contributed by atoms with Gasteiger partial charge in [0, 0.05) is 75.1 Å². The average Bonchev–Trinajstić information content (AvgIpc) is 3.35. The number of halogens is 2. The zero-order chi connectivity index (χ0) is 46.9. The van der Waals surface area contributed by atoms with Crippen molar-refractivity contribution < 1.29 is 29.3 Å². The molecule has 4 fully saturated rings. The Bertz CT molecular complexity index is 2440. The number of piperidine rings is 2. The second-order valence-electron chi connectivity index (χ2n) is 18.2. The molecule has 4 N–H and O–H groups in total. The molecule has 3 atom stereocenters. The van der Waals surface area contributed by atoms with Crippen LogP contribution in [0.2, 0.25) is 10.0 Å². The van der Waals surface area contributed by atoms with Gasteiger partial charge in [0.1, 0.15) is 23.6 Å². The standard InChI is InChI=1S/C49H56Cl2N10O6/c50-41-24-37(5-1-32(41)27-52)66-35-7-3-34(4-8-35)54-49(65)45-26-40(47(59-57-45)61-20-15-31(29-63)16-21-61)39-23-36(67-38-6-2-33(28-53)42(51)25-38)9-10-43(39)55-48(64)44-11-12-46(58-56-44)60-18-13-30(14-19-60)17-22-62/h1-2,5-6,11-12,24-26,30-31,34-36,39,43,62-63H,3-4,7-10,13-23,29H2,(H,54,65)(H,55,64)/t34?,35?,36-,39?,43-/m0/s1. The highest BCUT2D eigenvalue weighted by atomic mass is 35.5. The number of aliphatic hydroxyl groups excluding tert-OH is 2. The van der Waals surface area contributed by atoms with Crippen molar-refractivity contribution in [2.75, 3.05) is 49.2 Å². The highest BCUT2D eigenvalue weighted by molar-refractivity contribution is 6.32. The second kappa shape index (κ2) is 22.3. The highest BCUT2D eigenvalue weighted by Gasteiger charge is 2.38. The molecule has 4 aliphatic rings. The maximum Gasteiger partial charge on any atom is 0.272 e.